The number of rotatable bonds is 6. The molecular weight excluding hydrogens is 247 g/mol. The Balaban J connectivity index is 1.98. The molecule has 0 saturated heterocycles. The van der Waals surface area contributed by atoms with Crippen molar-refractivity contribution in [2.24, 2.45) is 0 Å². The average molecular weight is 270 g/mol. The molecule has 0 aliphatic heterocycles. The monoisotopic (exact) mass is 270 g/mol. The fourth-order valence-electron chi connectivity index (χ4n) is 2.23. The van der Waals surface area contributed by atoms with Crippen LogP contribution >= 0.6 is 9.24 Å². The summed E-state index contributed by atoms with van der Waals surface area (Å²) in [7, 11) is 2.77. The van der Waals surface area contributed by atoms with E-state index in [2.05, 4.69) is 64.7 Å². The van der Waals surface area contributed by atoms with Crippen molar-refractivity contribution in [3.8, 4) is 0 Å². The zero-order valence-corrected chi connectivity index (χ0v) is 12.9. The number of unbranched alkanes of at least 4 members (excludes halogenated alkanes) is 1. The van der Waals surface area contributed by atoms with Gasteiger partial charge in [-0.05, 0) is 47.7 Å². The van der Waals surface area contributed by atoms with Crippen molar-refractivity contribution in [2.45, 2.75) is 38.8 Å². The standard InChI is InChI=1S/C18H23P/c1-2-3-4-15-5-7-16(8-6-15)13-17-9-11-18(14-19)12-10-17/h5-12H,2-4,13-14,19H2,1H3. The summed E-state index contributed by atoms with van der Waals surface area (Å²) in [5, 5.41) is 0. The third kappa shape index (κ3) is 4.48. The van der Waals surface area contributed by atoms with Crippen molar-refractivity contribution >= 4 is 9.24 Å². The van der Waals surface area contributed by atoms with E-state index in [1.54, 1.807) is 0 Å². The predicted octanol–water partition coefficient (Wildman–Crippen LogP) is 5.00. The van der Waals surface area contributed by atoms with Crippen LogP contribution < -0.4 is 0 Å². The highest BCUT2D eigenvalue weighted by molar-refractivity contribution is 7.15. The molecule has 19 heavy (non-hydrogen) atoms. The molecule has 100 valence electrons. The number of aryl methyl sites for hydroxylation is 1. The van der Waals surface area contributed by atoms with Crippen LogP contribution in [0.1, 0.15) is 42.0 Å². The van der Waals surface area contributed by atoms with E-state index >= 15 is 0 Å². The van der Waals surface area contributed by atoms with Crippen molar-refractivity contribution in [1.82, 2.24) is 0 Å². The van der Waals surface area contributed by atoms with Gasteiger partial charge in [-0.25, -0.2) is 0 Å². The predicted molar refractivity (Wildman–Crippen MR) is 87.7 cm³/mol. The van der Waals surface area contributed by atoms with Crippen LogP contribution in [0.5, 0.6) is 0 Å². The highest BCUT2D eigenvalue weighted by Gasteiger charge is 1.98. The Morgan fingerprint density at radius 1 is 0.737 bits per heavy atom. The van der Waals surface area contributed by atoms with Crippen molar-refractivity contribution < 1.29 is 0 Å². The molecule has 0 spiro atoms. The van der Waals surface area contributed by atoms with Crippen LogP contribution in [-0.2, 0) is 19.0 Å². The highest BCUT2D eigenvalue weighted by atomic mass is 31.0. The fraction of sp³-hybridized carbons (Fsp3) is 0.333. The van der Waals surface area contributed by atoms with Gasteiger partial charge in [-0.15, -0.1) is 9.24 Å². The van der Waals surface area contributed by atoms with Gasteiger partial charge in [-0.3, -0.25) is 0 Å². The average Bonchev–Trinajstić information content (AvgIpc) is 2.47. The minimum atomic E-state index is 1.03. The summed E-state index contributed by atoms with van der Waals surface area (Å²) in [6, 6.07) is 18.0. The molecule has 0 radical (unpaired) electrons. The molecule has 0 saturated carbocycles. The van der Waals surface area contributed by atoms with Gasteiger partial charge in [0.2, 0.25) is 0 Å². The Kier molecular flexibility index (Phi) is 5.61. The minimum Gasteiger partial charge on any atom is -0.133 e. The molecule has 0 N–H and O–H groups in total. The van der Waals surface area contributed by atoms with Crippen molar-refractivity contribution in [1.29, 1.82) is 0 Å². The van der Waals surface area contributed by atoms with Crippen molar-refractivity contribution in [3.05, 3.63) is 70.8 Å². The first kappa shape index (κ1) is 14.3. The zero-order valence-electron chi connectivity index (χ0n) is 11.7. The summed E-state index contributed by atoms with van der Waals surface area (Å²) < 4.78 is 0. The van der Waals surface area contributed by atoms with Crippen LogP contribution in [0, 0.1) is 0 Å². The number of benzene rings is 2. The molecule has 0 amide bonds. The fourth-order valence-corrected chi connectivity index (χ4v) is 2.51. The van der Waals surface area contributed by atoms with Crippen molar-refractivity contribution in [2.75, 3.05) is 0 Å². The first-order chi connectivity index (χ1) is 9.31. The minimum absolute atomic E-state index is 1.03. The van der Waals surface area contributed by atoms with Gasteiger partial charge < -0.3 is 0 Å². The molecule has 1 atom stereocenters. The second kappa shape index (κ2) is 7.46. The maximum atomic E-state index is 2.77. The van der Waals surface area contributed by atoms with Gasteiger partial charge >= 0.3 is 0 Å². The Hall–Kier alpha value is -1.13. The molecular formula is C18H23P. The molecule has 2 aromatic rings. The second-order valence-electron chi connectivity index (χ2n) is 5.12. The van der Waals surface area contributed by atoms with Gasteiger partial charge in [0.25, 0.3) is 0 Å². The topological polar surface area (TPSA) is 0 Å². The first-order valence-corrected chi connectivity index (χ1v) is 7.99. The van der Waals surface area contributed by atoms with Crippen LogP contribution in [0.3, 0.4) is 0 Å². The summed E-state index contributed by atoms with van der Waals surface area (Å²) in [6.07, 6.45) is 5.83. The van der Waals surface area contributed by atoms with Crippen LogP contribution in [0.15, 0.2) is 48.5 Å². The van der Waals surface area contributed by atoms with E-state index in [1.807, 2.05) is 0 Å². The molecule has 0 aromatic heterocycles. The van der Waals surface area contributed by atoms with Crippen LogP contribution in [0.25, 0.3) is 0 Å². The first-order valence-electron chi connectivity index (χ1n) is 7.17. The van der Waals surface area contributed by atoms with Gasteiger partial charge in [-0.1, -0.05) is 61.9 Å². The van der Waals surface area contributed by atoms with Crippen LogP contribution in [0.4, 0.5) is 0 Å². The third-order valence-corrected chi connectivity index (χ3v) is 3.98. The molecule has 1 unspecified atom stereocenters. The summed E-state index contributed by atoms with van der Waals surface area (Å²) in [5.74, 6) is 0. The summed E-state index contributed by atoms with van der Waals surface area (Å²) in [4.78, 5) is 0. The maximum absolute atomic E-state index is 2.77. The van der Waals surface area contributed by atoms with Gasteiger partial charge in [0, 0.05) is 0 Å². The summed E-state index contributed by atoms with van der Waals surface area (Å²) >= 11 is 0. The molecule has 1 heteroatoms. The molecule has 2 aromatic carbocycles. The van der Waals surface area contributed by atoms with E-state index < -0.39 is 0 Å². The smallest absolute Gasteiger partial charge is 0.00258 e. The van der Waals surface area contributed by atoms with E-state index in [0.717, 1.165) is 12.6 Å². The Labute approximate surface area is 119 Å². The molecule has 0 fully saturated rings. The van der Waals surface area contributed by atoms with Gasteiger partial charge in [0.15, 0.2) is 0 Å². The highest BCUT2D eigenvalue weighted by Crippen LogP contribution is 2.14. The second-order valence-corrected chi connectivity index (χ2v) is 5.53. The zero-order chi connectivity index (χ0) is 13.5. The normalized spacial score (nSPS) is 10.6. The van der Waals surface area contributed by atoms with Gasteiger partial charge in [-0.2, -0.15) is 0 Å². The number of hydrogen-bond acceptors (Lipinski definition) is 0. The lowest BCUT2D eigenvalue weighted by Gasteiger charge is -2.05. The Bertz CT molecular complexity index is 482. The van der Waals surface area contributed by atoms with Gasteiger partial charge in [0.1, 0.15) is 0 Å². The third-order valence-electron chi connectivity index (χ3n) is 3.51. The van der Waals surface area contributed by atoms with Crippen LogP contribution in [-0.4, -0.2) is 0 Å². The van der Waals surface area contributed by atoms with Gasteiger partial charge in [0.05, 0.1) is 0 Å². The summed E-state index contributed by atoms with van der Waals surface area (Å²) in [6.45, 7) is 2.24. The molecule has 0 aliphatic carbocycles. The number of hydrogen-bond donors (Lipinski definition) is 0. The largest absolute Gasteiger partial charge is 0.133 e. The van der Waals surface area contributed by atoms with E-state index in [-0.39, 0.29) is 0 Å². The molecule has 0 aliphatic rings. The van der Waals surface area contributed by atoms with E-state index in [4.69, 9.17) is 0 Å². The lowest BCUT2D eigenvalue weighted by atomic mass is 10.0. The SMILES string of the molecule is CCCCc1ccc(Cc2ccc(CP)cc2)cc1. The Morgan fingerprint density at radius 3 is 1.68 bits per heavy atom. The summed E-state index contributed by atoms with van der Waals surface area (Å²) in [5.41, 5.74) is 5.63. The lowest BCUT2D eigenvalue weighted by molar-refractivity contribution is 0.795. The molecule has 0 heterocycles. The Morgan fingerprint density at radius 2 is 1.21 bits per heavy atom. The maximum Gasteiger partial charge on any atom is -0.00258 e. The van der Waals surface area contributed by atoms with E-state index in [9.17, 15) is 0 Å². The lowest BCUT2D eigenvalue weighted by Crippen LogP contribution is -1.90. The van der Waals surface area contributed by atoms with Crippen molar-refractivity contribution in [3.63, 3.8) is 0 Å². The van der Waals surface area contributed by atoms with E-state index in [0.29, 0.717) is 0 Å². The van der Waals surface area contributed by atoms with Crippen LogP contribution in [0.2, 0.25) is 0 Å². The molecule has 2 rings (SSSR count). The van der Waals surface area contributed by atoms with E-state index in [1.165, 1.54) is 41.5 Å². The quantitative estimate of drug-likeness (QED) is 0.648. The molecule has 0 bridgehead atoms. The molecule has 0 nitrogen and oxygen atoms in total.